The quantitative estimate of drug-likeness (QED) is 0.831. The second-order valence-corrected chi connectivity index (χ2v) is 7.26. The topological polar surface area (TPSA) is 55.9 Å². The second-order valence-electron chi connectivity index (χ2n) is 7.26. The van der Waals surface area contributed by atoms with Gasteiger partial charge >= 0.3 is 0 Å². The molecule has 1 N–H and O–H groups in total. The molecule has 148 valence electrons. The van der Waals surface area contributed by atoms with Crippen LogP contribution >= 0.6 is 0 Å². The monoisotopic (exact) mass is 380 g/mol. The summed E-state index contributed by atoms with van der Waals surface area (Å²) in [6.45, 7) is 3.96. The number of amides is 2. The maximum Gasteiger partial charge on any atom is 0.251 e. The molecule has 1 saturated heterocycles. The minimum absolute atomic E-state index is 0.0289. The molecule has 6 nitrogen and oxygen atoms in total. The van der Waals surface area contributed by atoms with Gasteiger partial charge < -0.3 is 20.0 Å². The highest BCUT2D eigenvalue weighted by Gasteiger charge is 2.19. The lowest BCUT2D eigenvalue weighted by Crippen LogP contribution is -2.50. The van der Waals surface area contributed by atoms with Crippen molar-refractivity contribution in [1.29, 1.82) is 0 Å². The molecule has 3 rings (SSSR count). The SMILES string of the molecule is CN1CCN(C(=O)CNC(=O)c2cccc(N(C)Cc3ccccc3)c2)CC1. The summed E-state index contributed by atoms with van der Waals surface area (Å²) in [6, 6.07) is 17.7. The molecule has 1 fully saturated rings. The van der Waals surface area contributed by atoms with E-state index in [0.717, 1.165) is 25.3 Å². The van der Waals surface area contributed by atoms with E-state index in [1.807, 2.05) is 55.4 Å². The first-order chi connectivity index (χ1) is 13.5. The summed E-state index contributed by atoms with van der Waals surface area (Å²) in [5, 5.41) is 2.76. The van der Waals surface area contributed by atoms with Crippen LogP contribution in [0.2, 0.25) is 0 Å². The van der Waals surface area contributed by atoms with Crippen molar-refractivity contribution in [3.63, 3.8) is 0 Å². The highest BCUT2D eigenvalue weighted by molar-refractivity contribution is 5.97. The first kappa shape index (κ1) is 19.9. The summed E-state index contributed by atoms with van der Waals surface area (Å²) in [6.07, 6.45) is 0. The van der Waals surface area contributed by atoms with Crippen LogP contribution in [-0.2, 0) is 11.3 Å². The third kappa shape index (κ3) is 5.33. The second kappa shape index (κ2) is 9.37. The van der Waals surface area contributed by atoms with Crippen LogP contribution in [0.3, 0.4) is 0 Å². The fraction of sp³-hybridized carbons (Fsp3) is 0.364. The number of benzene rings is 2. The first-order valence-corrected chi connectivity index (χ1v) is 9.62. The van der Waals surface area contributed by atoms with Crippen LogP contribution in [0.15, 0.2) is 54.6 Å². The van der Waals surface area contributed by atoms with Gasteiger partial charge in [0, 0.05) is 51.0 Å². The van der Waals surface area contributed by atoms with E-state index in [-0.39, 0.29) is 18.4 Å². The van der Waals surface area contributed by atoms with Crippen LogP contribution in [0.25, 0.3) is 0 Å². The predicted octanol–water partition coefficient (Wildman–Crippen LogP) is 1.83. The molecule has 1 aliphatic rings. The third-order valence-corrected chi connectivity index (χ3v) is 5.07. The number of hydrogen-bond acceptors (Lipinski definition) is 4. The van der Waals surface area contributed by atoms with Crippen molar-refractivity contribution in [2.75, 3.05) is 51.7 Å². The Morgan fingerprint density at radius 2 is 1.71 bits per heavy atom. The maximum absolute atomic E-state index is 12.5. The average molecular weight is 380 g/mol. The zero-order chi connectivity index (χ0) is 19.9. The molecule has 0 bridgehead atoms. The van der Waals surface area contributed by atoms with Crippen LogP contribution in [0.4, 0.5) is 5.69 Å². The van der Waals surface area contributed by atoms with Gasteiger partial charge in [0.15, 0.2) is 0 Å². The molecule has 2 aromatic rings. The van der Waals surface area contributed by atoms with E-state index in [0.29, 0.717) is 18.7 Å². The van der Waals surface area contributed by atoms with Gasteiger partial charge in [0.2, 0.25) is 5.91 Å². The molecule has 1 aliphatic heterocycles. The Morgan fingerprint density at radius 3 is 2.43 bits per heavy atom. The molecule has 0 radical (unpaired) electrons. The van der Waals surface area contributed by atoms with Gasteiger partial charge in [-0.05, 0) is 30.8 Å². The lowest BCUT2D eigenvalue weighted by Gasteiger charge is -2.32. The van der Waals surface area contributed by atoms with Crippen molar-refractivity contribution in [2.24, 2.45) is 0 Å². The number of nitrogens with zero attached hydrogens (tertiary/aromatic N) is 3. The van der Waals surface area contributed by atoms with Crippen LogP contribution < -0.4 is 10.2 Å². The molecule has 0 saturated carbocycles. The van der Waals surface area contributed by atoms with E-state index >= 15 is 0 Å². The Hall–Kier alpha value is -2.86. The van der Waals surface area contributed by atoms with Gasteiger partial charge in [-0.15, -0.1) is 0 Å². The number of anilines is 1. The molecule has 0 aliphatic carbocycles. The smallest absolute Gasteiger partial charge is 0.251 e. The molecule has 1 heterocycles. The van der Waals surface area contributed by atoms with E-state index in [4.69, 9.17) is 0 Å². The summed E-state index contributed by atoms with van der Waals surface area (Å²) in [7, 11) is 4.05. The van der Waals surface area contributed by atoms with Gasteiger partial charge in [0.25, 0.3) is 5.91 Å². The highest BCUT2D eigenvalue weighted by atomic mass is 16.2. The number of piperazine rings is 1. The van der Waals surface area contributed by atoms with Crippen molar-refractivity contribution in [3.8, 4) is 0 Å². The van der Waals surface area contributed by atoms with Gasteiger partial charge in [-0.1, -0.05) is 36.4 Å². The molecular weight excluding hydrogens is 352 g/mol. The first-order valence-electron chi connectivity index (χ1n) is 9.62. The van der Waals surface area contributed by atoms with E-state index in [1.165, 1.54) is 5.56 Å². The summed E-state index contributed by atoms with van der Waals surface area (Å²) in [5.74, 6) is -0.253. The normalized spacial score (nSPS) is 14.6. The van der Waals surface area contributed by atoms with Gasteiger partial charge in [0.1, 0.15) is 0 Å². The van der Waals surface area contributed by atoms with E-state index < -0.39 is 0 Å². The van der Waals surface area contributed by atoms with Gasteiger partial charge in [0.05, 0.1) is 6.54 Å². The van der Waals surface area contributed by atoms with Gasteiger partial charge in [-0.2, -0.15) is 0 Å². The Bertz CT molecular complexity index is 801. The largest absolute Gasteiger partial charge is 0.370 e. The standard InChI is InChI=1S/C22H28N4O2/c1-24-11-13-26(14-12-24)21(27)16-23-22(28)19-9-6-10-20(15-19)25(2)17-18-7-4-3-5-8-18/h3-10,15H,11-14,16-17H2,1-2H3,(H,23,28). The van der Waals surface area contributed by atoms with Crippen molar-refractivity contribution < 1.29 is 9.59 Å². The minimum Gasteiger partial charge on any atom is -0.370 e. The maximum atomic E-state index is 12.5. The fourth-order valence-corrected chi connectivity index (χ4v) is 3.26. The van der Waals surface area contributed by atoms with Crippen LogP contribution in [0.5, 0.6) is 0 Å². The number of carbonyl (C=O) groups excluding carboxylic acids is 2. The van der Waals surface area contributed by atoms with Crippen LogP contribution in [0, 0.1) is 0 Å². The molecular formula is C22H28N4O2. The molecule has 0 unspecified atom stereocenters. The number of likely N-dealkylation sites (N-methyl/N-ethyl adjacent to an activating group) is 1. The van der Waals surface area contributed by atoms with E-state index in [1.54, 1.807) is 6.07 Å². The molecule has 0 atom stereocenters. The number of carbonyl (C=O) groups is 2. The molecule has 2 aromatic carbocycles. The van der Waals surface area contributed by atoms with E-state index in [9.17, 15) is 9.59 Å². The zero-order valence-electron chi connectivity index (χ0n) is 16.6. The van der Waals surface area contributed by atoms with Crippen molar-refractivity contribution in [2.45, 2.75) is 6.54 Å². The molecule has 28 heavy (non-hydrogen) atoms. The molecule has 0 spiro atoms. The van der Waals surface area contributed by atoms with Gasteiger partial charge in [-0.3, -0.25) is 9.59 Å². The Labute approximate surface area is 166 Å². The lowest BCUT2D eigenvalue weighted by molar-refractivity contribution is -0.131. The van der Waals surface area contributed by atoms with Crippen molar-refractivity contribution >= 4 is 17.5 Å². The van der Waals surface area contributed by atoms with Crippen molar-refractivity contribution in [1.82, 2.24) is 15.1 Å². The van der Waals surface area contributed by atoms with Crippen molar-refractivity contribution in [3.05, 3.63) is 65.7 Å². The van der Waals surface area contributed by atoms with Gasteiger partial charge in [-0.25, -0.2) is 0 Å². The average Bonchev–Trinajstić information content (AvgIpc) is 2.73. The Kier molecular flexibility index (Phi) is 6.66. The molecule has 0 aromatic heterocycles. The number of rotatable bonds is 6. The fourth-order valence-electron chi connectivity index (χ4n) is 3.26. The summed E-state index contributed by atoms with van der Waals surface area (Å²) >= 11 is 0. The number of nitrogens with one attached hydrogen (secondary N) is 1. The Morgan fingerprint density at radius 1 is 1.00 bits per heavy atom. The van der Waals surface area contributed by atoms with Crippen LogP contribution in [-0.4, -0.2) is 68.4 Å². The Balaban J connectivity index is 1.55. The zero-order valence-corrected chi connectivity index (χ0v) is 16.6. The lowest BCUT2D eigenvalue weighted by atomic mass is 10.1. The third-order valence-electron chi connectivity index (χ3n) is 5.07. The molecule has 2 amide bonds. The predicted molar refractivity (Wildman–Crippen MR) is 111 cm³/mol. The number of hydrogen-bond donors (Lipinski definition) is 1. The van der Waals surface area contributed by atoms with Crippen LogP contribution in [0.1, 0.15) is 15.9 Å². The van der Waals surface area contributed by atoms with E-state index in [2.05, 4.69) is 27.2 Å². The summed E-state index contributed by atoms with van der Waals surface area (Å²) < 4.78 is 0. The molecule has 6 heteroatoms. The summed E-state index contributed by atoms with van der Waals surface area (Å²) in [4.78, 5) is 30.9. The summed E-state index contributed by atoms with van der Waals surface area (Å²) in [5.41, 5.74) is 2.73. The minimum atomic E-state index is -0.225. The highest BCUT2D eigenvalue weighted by Crippen LogP contribution is 2.17.